The maximum atomic E-state index is 12.9. The van der Waals surface area contributed by atoms with Gasteiger partial charge in [-0.3, -0.25) is 9.59 Å². The third-order valence-corrected chi connectivity index (χ3v) is 7.38. The van der Waals surface area contributed by atoms with E-state index in [2.05, 4.69) is 6.58 Å². The number of nitrogens with zero attached hydrogens (tertiary/aromatic N) is 2. The molecule has 3 rings (SSSR count). The summed E-state index contributed by atoms with van der Waals surface area (Å²) < 4.78 is 27.0. The summed E-state index contributed by atoms with van der Waals surface area (Å²) in [7, 11) is -3.89. The highest BCUT2D eigenvalue weighted by Crippen LogP contribution is 2.30. The molecule has 1 saturated heterocycles. The van der Waals surface area contributed by atoms with E-state index < -0.39 is 27.9 Å². The number of thiophene rings is 1. The normalized spacial score (nSPS) is 17.9. The molecule has 1 fully saturated rings. The van der Waals surface area contributed by atoms with Crippen molar-refractivity contribution < 1.29 is 18.0 Å². The zero-order valence-electron chi connectivity index (χ0n) is 14.2. The first-order valence-corrected chi connectivity index (χ1v) is 10.3. The van der Waals surface area contributed by atoms with E-state index in [0.29, 0.717) is 5.69 Å². The van der Waals surface area contributed by atoms with Gasteiger partial charge in [-0.15, -0.1) is 17.9 Å². The molecule has 1 aliphatic heterocycles. The second-order valence-electron chi connectivity index (χ2n) is 5.92. The Hall–Kier alpha value is -2.29. The van der Waals surface area contributed by atoms with E-state index in [0.717, 1.165) is 26.1 Å². The Morgan fingerprint density at radius 3 is 2.54 bits per heavy atom. The lowest BCUT2D eigenvalue weighted by Gasteiger charge is -2.25. The maximum absolute atomic E-state index is 12.9. The van der Waals surface area contributed by atoms with Crippen molar-refractivity contribution in [3.05, 3.63) is 60.0 Å². The molecule has 2 aromatic rings. The number of anilines is 1. The van der Waals surface area contributed by atoms with E-state index in [4.69, 9.17) is 0 Å². The summed E-state index contributed by atoms with van der Waals surface area (Å²) in [5.74, 6) is -0.958. The molecular formula is C18H18N2O4S2. The van der Waals surface area contributed by atoms with Crippen LogP contribution in [0.25, 0.3) is 0 Å². The van der Waals surface area contributed by atoms with Crippen LogP contribution in [0.15, 0.2) is 58.6 Å². The van der Waals surface area contributed by atoms with E-state index >= 15 is 0 Å². The predicted molar refractivity (Wildman–Crippen MR) is 100 cm³/mol. The summed E-state index contributed by atoms with van der Waals surface area (Å²) in [5.41, 5.74) is 1.44. The fourth-order valence-electron chi connectivity index (χ4n) is 2.85. The molecule has 1 aromatic heterocycles. The third-order valence-electron chi connectivity index (χ3n) is 4.13. The monoisotopic (exact) mass is 390 g/mol. The van der Waals surface area contributed by atoms with E-state index in [1.807, 2.05) is 6.92 Å². The molecule has 26 heavy (non-hydrogen) atoms. The largest absolute Gasteiger partial charge is 0.274 e. The van der Waals surface area contributed by atoms with E-state index in [1.165, 1.54) is 12.1 Å². The van der Waals surface area contributed by atoms with Crippen molar-refractivity contribution in [2.75, 3.05) is 11.4 Å². The molecule has 0 saturated carbocycles. The van der Waals surface area contributed by atoms with Crippen molar-refractivity contribution in [1.82, 2.24) is 4.31 Å². The lowest BCUT2D eigenvalue weighted by molar-refractivity contribution is -0.122. The molecule has 8 heteroatoms. The van der Waals surface area contributed by atoms with Gasteiger partial charge in [0.1, 0.15) is 10.3 Å². The van der Waals surface area contributed by atoms with Crippen LogP contribution in [-0.2, 0) is 19.6 Å². The third kappa shape index (κ3) is 3.23. The fraction of sp³-hybridized carbons (Fsp3) is 0.222. The van der Waals surface area contributed by atoms with Crippen molar-refractivity contribution in [1.29, 1.82) is 0 Å². The van der Waals surface area contributed by atoms with Crippen LogP contribution in [-0.4, -0.2) is 37.1 Å². The van der Waals surface area contributed by atoms with E-state index in [9.17, 15) is 18.0 Å². The molecule has 2 heterocycles. The fourth-order valence-corrected chi connectivity index (χ4v) is 5.52. The lowest BCUT2D eigenvalue weighted by Crippen LogP contribution is -2.45. The van der Waals surface area contributed by atoms with Gasteiger partial charge in [0.2, 0.25) is 5.91 Å². The van der Waals surface area contributed by atoms with Crippen molar-refractivity contribution >= 4 is 38.9 Å². The molecule has 0 N–H and O–H groups in total. The van der Waals surface area contributed by atoms with Crippen molar-refractivity contribution in [2.24, 2.45) is 0 Å². The Bertz CT molecular complexity index is 934. The molecule has 6 nitrogen and oxygen atoms in total. The van der Waals surface area contributed by atoms with Gasteiger partial charge >= 0.3 is 0 Å². The van der Waals surface area contributed by atoms with E-state index in [-0.39, 0.29) is 17.2 Å². The average Bonchev–Trinajstić information content (AvgIpc) is 3.23. The summed E-state index contributed by atoms with van der Waals surface area (Å²) in [6, 6.07) is 8.99. The highest BCUT2D eigenvalue weighted by atomic mass is 32.2. The zero-order chi connectivity index (χ0) is 18.9. The van der Waals surface area contributed by atoms with Gasteiger partial charge in [0.05, 0.1) is 12.1 Å². The number of hydrogen-bond acceptors (Lipinski definition) is 5. The molecule has 1 aromatic carbocycles. The number of aryl methyl sites for hydroxylation is 1. The molecule has 1 unspecified atom stereocenters. The minimum absolute atomic E-state index is 0.0499. The van der Waals surface area contributed by atoms with Crippen molar-refractivity contribution in [2.45, 2.75) is 23.6 Å². The van der Waals surface area contributed by atoms with Gasteiger partial charge < -0.3 is 0 Å². The van der Waals surface area contributed by atoms with Crippen LogP contribution in [0, 0.1) is 6.92 Å². The highest BCUT2D eigenvalue weighted by molar-refractivity contribution is 7.91. The SMILES string of the molecule is C=CCN(C1CC(=O)N(c2ccc(C)cc2)C1=O)S(=O)(=O)c1cccs1. The number of hydrogen-bond donors (Lipinski definition) is 0. The molecule has 1 aliphatic rings. The molecule has 0 radical (unpaired) electrons. The predicted octanol–water partition coefficient (Wildman–Crippen LogP) is 2.57. The second kappa shape index (κ2) is 7.14. The van der Waals surface area contributed by atoms with Crippen molar-refractivity contribution in [3.8, 4) is 0 Å². The second-order valence-corrected chi connectivity index (χ2v) is 8.98. The smallest absolute Gasteiger partial charge is 0.253 e. The highest BCUT2D eigenvalue weighted by Gasteiger charge is 2.46. The zero-order valence-corrected chi connectivity index (χ0v) is 15.8. The first-order chi connectivity index (χ1) is 12.4. The number of benzene rings is 1. The van der Waals surface area contributed by atoms with Gasteiger partial charge in [0, 0.05) is 6.54 Å². The minimum Gasteiger partial charge on any atom is -0.274 e. The number of sulfonamides is 1. The molecule has 2 amide bonds. The quantitative estimate of drug-likeness (QED) is 0.561. The van der Waals surface area contributed by atoms with Gasteiger partial charge in [0.25, 0.3) is 15.9 Å². The van der Waals surface area contributed by atoms with Gasteiger partial charge in [-0.1, -0.05) is 29.8 Å². The summed E-state index contributed by atoms with van der Waals surface area (Å²) in [4.78, 5) is 26.4. The molecular weight excluding hydrogens is 372 g/mol. The number of carbonyl (C=O) groups excluding carboxylic acids is 2. The van der Waals surface area contributed by atoms with Crippen LogP contribution in [0.5, 0.6) is 0 Å². The lowest BCUT2D eigenvalue weighted by atomic mass is 10.2. The van der Waals surface area contributed by atoms with Crippen LogP contribution in [0.4, 0.5) is 5.69 Å². The topological polar surface area (TPSA) is 74.8 Å². The van der Waals surface area contributed by atoms with Crippen LogP contribution < -0.4 is 4.90 Å². The summed E-state index contributed by atoms with van der Waals surface area (Å²) in [5, 5.41) is 1.65. The molecule has 0 aliphatic carbocycles. The van der Waals surface area contributed by atoms with Crippen molar-refractivity contribution in [3.63, 3.8) is 0 Å². The Morgan fingerprint density at radius 2 is 1.96 bits per heavy atom. The Morgan fingerprint density at radius 1 is 1.27 bits per heavy atom. The number of amides is 2. The molecule has 136 valence electrons. The minimum atomic E-state index is -3.89. The summed E-state index contributed by atoms with van der Waals surface area (Å²) >= 11 is 1.07. The summed E-state index contributed by atoms with van der Waals surface area (Å²) in [6.45, 7) is 5.44. The first-order valence-electron chi connectivity index (χ1n) is 7.96. The first kappa shape index (κ1) is 18.5. The van der Waals surface area contributed by atoms with E-state index in [1.54, 1.807) is 35.7 Å². The Kier molecular flexibility index (Phi) is 5.08. The van der Waals surface area contributed by atoms with Gasteiger partial charge in [0.15, 0.2) is 0 Å². The molecule has 0 bridgehead atoms. The van der Waals surface area contributed by atoms with Crippen LogP contribution in [0.3, 0.4) is 0 Å². The number of rotatable bonds is 6. The average molecular weight is 390 g/mol. The van der Waals surface area contributed by atoms with Crippen LogP contribution in [0.1, 0.15) is 12.0 Å². The Balaban J connectivity index is 1.96. The summed E-state index contributed by atoms with van der Waals surface area (Å²) in [6.07, 6.45) is 1.22. The Labute approximate surface area is 156 Å². The van der Waals surface area contributed by atoms with Crippen LogP contribution >= 0.6 is 11.3 Å². The van der Waals surface area contributed by atoms with Gasteiger partial charge in [-0.2, -0.15) is 4.31 Å². The standard InChI is InChI=1S/C18H18N2O4S2/c1-3-10-19(26(23,24)17-5-4-11-25-17)15-12-16(21)20(18(15)22)14-8-6-13(2)7-9-14/h3-9,11,15H,1,10,12H2,2H3. The van der Waals surface area contributed by atoms with Crippen LogP contribution in [0.2, 0.25) is 0 Å². The van der Waals surface area contributed by atoms with Gasteiger partial charge in [-0.25, -0.2) is 13.3 Å². The number of carbonyl (C=O) groups is 2. The number of imide groups is 1. The molecule has 0 spiro atoms. The molecule has 1 atom stereocenters. The maximum Gasteiger partial charge on any atom is 0.253 e. The van der Waals surface area contributed by atoms with Gasteiger partial charge in [-0.05, 0) is 30.5 Å².